The van der Waals surface area contributed by atoms with Crippen molar-refractivity contribution in [2.75, 3.05) is 0 Å². The van der Waals surface area contributed by atoms with Crippen molar-refractivity contribution in [2.24, 2.45) is 5.92 Å². The number of H-pyrrole nitrogens is 2. The zero-order chi connectivity index (χ0) is 13.2. The number of aromatic amines is 2. The summed E-state index contributed by atoms with van der Waals surface area (Å²) < 4.78 is 0.717. The molecule has 1 heterocycles. The first-order chi connectivity index (χ1) is 9.22. The van der Waals surface area contributed by atoms with E-state index in [0.717, 1.165) is 6.42 Å². The predicted octanol–water partition coefficient (Wildman–Crippen LogP) is 4.42. The fourth-order valence-corrected chi connectivity index (χ4v) is 3.01. The van der Waals surface area contributed by atoms with Crippen LogP contribution in [0, 0.1) is 17.6 Å². The molecule has 1 atom stereocenters. The summed E-state index contributed by atoms with van der Waals surface area (Å²) in [5, 5.41) is 0. The van der Waals surface area contributed by atoms with Crippen LogP contribution >= 0.6 is 12.2 Å². The van der Waals surface area contributed by atoms with Crippen molar-refractivity contribution in [1.82, 2.24) is 9.97 Å². The number of aromatic nitrogens is 2. The highest BCUT2D eigenvalue weighted by atomic mass is 32.1. The van der Waals surface area contributed by atoms with E-state index in [4.69, 9.17) is 12.2 Å². The van der Waals surface area contributed by atoms with Gasteiger partial charge in [-0.3, -0.25) is 0 Å². The van der Waals surface area contributed by atoms with Crippen molar-refractivity contribution < 1.29 is 0 Å². The van der Waals surface area contributed by atoms with Crippen LogP contribution in [-0.2, 0) is 6.42 Å². The first-order valence-electron chi connectivity index (χ1n) is 6.76. The summed E-state index contributed by atoms with van der Waals surface area (Å²) in [4.78, 5) is 6.26. The second kappa shape index (κ2) is 5.17. The van der Waals surface area contributed by atoms with Gasteiger partial charge in [-0.05, 0) is 55.5 Å². The molecular formula is C16H18N2S. The normalized spacial score (nSPS) is 18.6. The average Bonchev–Trinajstić information content (AvgIpc) is 3.00. The monoisotopic (exact) mass is 270 g/mol. The predicted molar refractivity (Wildman–Crippen MR) is 81.6 cm³/mol. The minimum atomic E-state index is 0.601. The topological polar surface area (TPSA) is 31.6 Å². The number of hydrogen-bond donors (Lipinski definition) is 2. The third kappa shape index (κ3) is 2.71. The van der Waals surface area contributed by atoms with Gasteiger partial charge in [-0.15, -0.1) is 0 Å². The SMILES string of the molecule is Cc1ccc(C2=CCCC2Cc2c[nH]c(=S)[nH]2)cc1. The molecule has 19 heavy (non-hydrogen) atoms. The van der Waals surface area contributed by atoms with Gasteiger partial charge >= 0.3 is 0 Å². The van der Waals surface area contributed by atoms with Crippen molar-refractivity contribution in [3.8, 4) is 0 Å². The minimum Gasteiger partial charge on any atom is -0.337 e. The van der Waals surface area contributed by atoms with Crippen LogP contribution in [0.5, 0.6) is 0 Å². The summed E-state index contributed by atoms with van der Waals surface area (Å²) in [5.41, 5.74) is 5.37. The molecule has 1 aromatic heterocycles. The van der Waals surface area contributed by atoms with Crippen molar-refractivity contribution in [3.05, 3.63) is 58.1 Å². The van der Waals surface area contributed by atoms with E-state index >= 15 is 0 Å². The molecule has 0 saturated heterocycles. The lowest BCUT2D eigenvalue weighted by Gasteiger charge is -2.14. The van der Waals surface area contributed by atoms with Gasteiger partial charge in [0.15, 0.2) is 4.77 Å². The molecule has 1 aliphatic carbocycles. The summed E-state index contributed by atoms with van der Waals surface area (Å²) in [5.74, 6) is 0.601. The Morgan fingerprint density at radius 3 is 2.74 bits per heavy atom. The lowest BCUT2D eigenvalue weighted by atomic mass is 9.91. The standard InChI is InChI=1S/C16H18N2S/c1-11-5-7-12(8-6-11)15-4-2-3-13(15)9-14-10-17-16(19)18-14/h4-8,10,13H,2-3,9H2,1H3,(H2,17,18,19). The summed E-state index contributed by atoms with van der Waals surface area (Å²) in [6, 6.07) is 8.85. The minimum absolute atomic E-state index is 0.601. The lowest BCUT2D eigenvalue weighted by Crippen LogP contribution is -2.03. The summed E-state index contributed by atoms with van der Waals surface area (Å²) in [6.07, 6.45) is 7.82. The smallest absolute Gasteiger partial charge is 0.174 e. The molecule has 1 unspecified atom stereocenters. The largest absolute Gasteiger partial charge is 0.337 e. The van der Waals surface area contributed by atoms with Gasteiger partial charge in [-0.2, -0.15) is 0 Å². The number of aryl methyl sites for hydroxylation is 1. The lowest BCUT2D eigenvalue weighted by molar-refractivity contribution is 0.635. The molecule has 0 fully saturated rings. The Labute approximate surface area is 118 Å². The van der Waals surface area contributed by atoms with Gasteiger partial charge in [0, 0.05) is 11.9 Å². The Kier molecular flexibility index (Phi) is 3.38. The molecule has 3 heteroatoms. The van der Waals surface area contributed by atoms with Gasteiger partial charge in [0.05, 0.1) is 0 Å². The van der Waals surface area contributed by atoms with Crippen LogP contribution in [0.15, 0.2) is 36.5 Å². The van der Waals surface area contributed by atoms with E-state index in [-0.39, 0.29) is 0 Å². The van der Waals surface area contributed by atoms with Crippen LogP contribution in [-0.4, -0.2) is 9.97 Å². The zero-order valence-corrected chi connectivity index (χ0v) is 11.9. The van der Waals surface area contributed by atoms with Crippen LogP contribution < -0.4 is 0 Å². The highest BCUT2D eigenvalue weighted by molar-refractivity contribution is 7.71. The van der Waals surface area contributed by atoms with Crippen molar-refractivity contribution in [2.45, 2.75) is 26.2 Å². The number of imidazole rings is 1. The molecule has 2 aromatic rings. The van der Waals surface area contributed by atoms with Gasteiger partial charge in [-0.25, -0.2) is 0 Å². The van der Waals surface area contributed by atoms with Crippen LogP contribution in [0.1, 0.15) is 29.7 Å². The van der Waals surface area contributed by atoms with Gasteiger partial charge < -0.3 is 9.97 Å². The molecule has 2 nitrogen and oxygen atoms in total. The van der Waals surface area contributed by atoms with Gasteiger partial charge in [-0.1, -0.05) is 35.9 Å². The number of benzene rings is 1. The fraction of sp³-hybridized carbons (Fsp3) is 0.312. The van der Waals surface area contributed by atoms with Crippen molar-refractivity contribution >= 4 is 17.8 Å². The molecule has 3 rings (SSSR count). The molecule has 0 radical (unpaired) electrons. The molecule has 0 aliphatic heterocycles. The Morgan fingerprint density at radius 2 is 2.05 bits per heavy atom. The fourth-order valence-electron chi connectivity index (χ4n) is 2.82. The van der Waals surface area contributed by atoms with E-state index in [1.807, 2.05) is 6.20 Å². The molecule has 98 valence electrons. The maximum Gasteiger partial charge on any atom is 0.174 e. The molecule has 2 N–H and O–H groups in total. The van der Waals surface area contributed by atoms with Gasteiger partial charge in [0.2, 0.25) is 0 Å². The summed E-state index contributed by atoms with van der Waals surface area (Å²) in [6.45, 7) is 2.13. The molecule has 0 amide bonds. The third-order valence-electron chi connectivity index (χ3n) is 3.82. The van der Waals surface area contributed by atoms with E-state index in [9.17, 15) is 0 Å². The molecule has 0 spiro atoms. The summed E-state index contributed by atoms with van der Waals surface area (Å²) in [7, 11) is 0. The maximum absolute atomic E-state index is 5.09. The van der Waals surface area contributed by atoms with E-state index in [2.05, 4.69) is 47.2 Å². The highest BCUT2D eigenvalue weighted by Gasteiger charge is 2.21. The number of rotatable bonds is 3. The second-order valence-electron chi connectivity index (χ2n) is 5.27. The van der Waals surface area contributed by atoms with Crippen LogP contribution in [0.2, 0.25) is 0 Å². The molecule has 0 saturated carbocycles. The number of hydrogen-bond acceptors (Lipinski definition) is 1. The maximum atomic E-state index is 5.09. The van der Waals surface area contributed by atoms with E-state index in [0.29, 0.717) is 10.7 Å². The number of allylic oxidation sites excluding steroid dienone is 2. The Morgan fingerprint density at radius 1 is 1.26 bits per heavy atom. The van der Waals surface area contributed by atoms with Crippen LogP contribution in [0.4, 0.5) is 0 Å². The molecular weight excluding hydrogens is 252 g/mol. The van der Waals surface area contributed by atoms with Crippen molar-refractivity contribution in [1.29, 1.82) is 0 Å². The first-order valence-corrected chi connectivity index (χ1v) is 7.17. The molecule has 1 aromatic carbocycles. The van der Waals surface area contributed by atoms with Crippen LogP contribution in [0.25, 0.3) is 5.57 Å². The highest BCUT2D eigenvalue weighted by Crippen LogP contribution is 2.35. The van der Waals surface area contributed by atoms with Gasteiger partial charge in [0.25, 0.3) is 0 Å². The van der Waals surface area contributed by atoms with E-state index in [1.54, 1.807) is 0 Å². The quantitative estimate of drug-likeness (QED) is 0.795. The zero-order valence-electron chi connectivity index (χ0n) is 11.1. The van der Waals surface area contributed by atoms with E-state index < -0.39 is 0 Å². The summed E-state index contributed by atoms with van der Waals surface area (Å²) >= 11 is 5.09. The first kappa shape index (κ1) is 12.4. The van der Waals surface area contributed by atoms with Crippen LogP contribution in [0.3, 0.4) is 0 Å². The van der Waals surface area contributed by atoms with Crippen molar-refractivity contribution in [3.63, 3.8) is 0 Å². The second-order valence-corrected chi connectivity index (χ2v) is 5.68. The Balaban J connectivity index is 1.81. The molecule has 0 bridgehead atoms. The van der Waals surface area contributed by atoms with E-state index in [1.165, 1.54) is 35.2 Å². The Bertz CT molecular complexity index is 646. The average molecular weight is 270 g/mol. The Hall–Kier alpha value is -1.61. The number of nitrogens with one attached hydrogen (secondary N) is 2. The van der Waals surface area contributed by atoms with Gasteiger partial charge in [0.1, 0.15) is 0 Å². The third-order valence-corrected chi connectivity index (χ3v) is 4.04. The molecule has 1 aliphatic rings.